The zero-order valence-corrected chi connectivity index (χ0v) is 16.6. The smallest absolute Gasteiger partial charge is 0.0171 e. The highest BCUT2D eigenvalue weighted by molar-refractivity contribution is 8.77. The highest BCUT2D eigenvalue weighted by atomic mass is 33.1. The Hall–Kier alpha value is 1.40. The Morgan fingerprint density at radius 1 is 0.667 bits per heavy atom. The summed E-state index contributed by atoms with van der Waals surface area (Å²) in [7, 11) is 7.76. The van der Waals surface area contributed by atoms with Gasteiger partial charge in [0, 0.05) is 10.5 Å². The van der Waals surface area contributed by atoms with Crippen LogP contribution in [0.2, 0.25) is 0 Å². The first-order valence-electron chi connectivity index (χ1n) is 6.83. The van der Waals surface area contributed by atoms with E-state index in [9.17, 15) is 0 Å². The summed E-state index contributed by atoms with van der Waals surface area (Å²) in [5.74, 6) is 1.65. The molecule has 0 fully saturated rings. The van der Waals surface area contributed by atoms with Gasteiger partial charge in [-0.25, -0.2) is 0 Å². The first-order valence-corrected chi connectivity index (χ1v) is 12.1. The highest BCUT2D eigenvalue weighted by Crippen LogP contribution is 2.31. The van der Waals surface area contributed by atoms with Crippen LogP contribution in [0.3, 0.4) is 0 Å². The molecule has 0 aromatic carbocycles. The lowest BCUT2D eigenvalue weighted by Gasteiger charge is -2.15. The van der Waals surface area contributed by atoms with E-state index in [2.05, 4.69) is 54.1 Å². The average molecular weight is 329 g/mol. The van der Waals surface area contributed by atoms with Gasteiger partial charge in [-0.2, -0.15) is 0 Å². The fourth-order valence-electron chi connectivity index (χ4n) is 1.55. The van der Waals surface area contributed by atoms with Crippen LogP contribution in [0.4, 0.5) is 0 Å². The third-order valence-corrected chi connectivity index (χ3v) is 8.00. The minimum absolute atomic E-state index is 0.826. The lowest BCUT2D eigenvalue weighted by Crippen LogP contribution is -2.07. The van der Waals surface area contributed by atoms with E-state index in [1.807, 2.05) is 43.2 Å². The summed E-state index contributed by atoms with van der Waals surface area (Å²) >= 11 is 0. The minimum Gasteiger partial charge on any atom is -0.0973 e. The fourth-order valence-corrected chi connectivity index (χ4v) is 6.39. The molecule has 0 heterocycles. The number of hydrogen-bond donors (Lipinski definition) is 0. The molecule has 0 spiro atoms. The molecule has 112 valence electrons. The monoisotopic (exact) mass is 328 g/mol. The summed E-state index contributed by atoms with van der Waals surface area (Å²) in [5, 5.41) is 1.69. The van der Waals surface area contributed by atoms with Gasteiger partial charge in [-0.05, 0) is 37.2 Å². The van der Waals surface area contributed by atoms with Crippen LogP contribution >= 0.6 is 43.2 Å². The standard InChI is InChI=1S/2C7H16S2/c2*1-5-7(6(2)3)9-8-4/h2*6-7H,5H2,1-4H3/t2*7-/m10/s1. The molecule has 0 amide bonds. The van der Waals surface area contributed by atoms with E-state index in [0.717, 1.165) is 22.3 Å². The molecule has 0 aliphatic rings. The van der Waals surface area contributed by atoms with Gasteiger partial charge in [0.05, 0.1) is 0 Å². The van der Waals surface area contributed by atoms with Gasteiger partial charge in [-0.15, -0.1) is 0 Å². The normalized spacial score (nSPS) is 14.3. The van der Waals surface area contributed by atoms with Crippen molar-refractivity contribution in [3.8, 4) is 0 Å². The van der Waals surface area contributed by atoms with Gasteiger partial charge in [-0.1, -0.05) is 84.7 Å². The Bertz CT molecular complexity index is 142. The van der Waals surface area contributed by atoms with Crippen LogP contribution in [0.1, 0.15) is 54.4 Å². The molecule has 0 unspecified atom stereocenters. The molecule has 2 atom stereocenters. The van der Waals surface area contributed by atoms with Crippen molar-refractivity contribution in [2.24, 2.45) is 11.8 Å². The zero-order valence-electron chi connectivity index (χ0n) is 13.4. The zero-order chi connectivity index (χ0) is 14.6. The molecule has 4 heteroatoms. The molecule has 0 bridgehead atoms. The Morgan fingerprint density at radius 2 is 0.944 bits per heavy atom. The molecular formula is C14H32S4. The maximum Gasteiger partial charge on any atom is 0.0171 e. The summed E-state index contributed by atoms with van der Waals surface area (Å²) in [6.07, 6.45) is 6.89. The second-order valence-electron chi connectivity index (χ2n) is 4.91. The lowest BCUT2D eigenvalue weighted by molar-refractivity contribution is 0.596. The van der Waals surface area contributed by atoms with Gasteiger partial charge >= 0.3 is 0 Å². The van der Waals surface area contributed by atoms with E-state index in [1.165, 1.54) is 12.8 Å². The van der Waals surface area contributed by atoms with Crippen LogP contribution in [0.15, 0.2) is 0 Å². The van der Waals surface area contributed by atoms with Crippen molar-refractivity contribution in [3.63, 3.8) is 0 Å². The maximum absolute atomic E-state index is 2.29. The Labute approximate surface area is 132 Å². The first-order chi connectivity index (χ1) is 8.44. The molecule has 0 aromatic rings. The van der Waals surface area contributed by atoms with Gasteiger partial charge in [-0.3, -0.25) is 0 Å². The minimum atomic E-state index is 0.826. The van der Waals surface area contributed by atoms with Crippen molar-refractivity contribution in [3.05, 3.63) is 0 Å². The van der Waals surface area contributed by atoms with Crippen LogP contribution in [0, 0.1) is 11.8 Å². The largest absolute Gasteiger partial charge is 0.0973 e. The molecule has 0 rings (SSSR count). The first kappa shape index (κ1) is 21.7. The van der Waals surface area contributed by atoms with E-state index in [0.29, 0.717) is 0 Å². The third kappa shape index (κ3) is 12.4. The van der Waals surface area contributed by atoms with Gasteiger partial charge in [0.25, 0.3) is 0 Å². The van der Waals surface area contributed by atoms with E-state index < -0.39 is 0 Å². The van der Waals surface area contributed by atoms with Crippen molar-refractivity contribution < 1.29 is 0 Å². The molecule has 18 heavy (non-hydrogen) atoms. The maximum atomic E-state index is 2.29. The quantitative estimate of drug-likeness (QED) is 0.446. The molecule has 0 aromatic heterocycles. The SMILES string of the molecule is CC[C@@H](SSC)C(C)C.CC[C@H](SSC)C(C)C. The predicted octanol–water partition coefficient (Wildman–Crippen LogP) is 6.86. The number of hydrogen-bond acceptors (Lipinski definition) is 4. The van der Waals surface area contributed by atoms with Crippen molar-refractivity contribution in [2.75, 3.05) is 12.5 Å². The Morgan fingerprint density at radius 3 is 1.00 bits per heavy atom. The molecule has 0 saturated heterocycles. The average Bonchev–Trinajstić information content (AvgIpc) is 2.32. The molecule has 0 saturated carbocycles. The van der Waals surface area contributed by atoms with E-state index in [1.54, 1.807) is 0 Å². The van der Waals surface area contributed by atoms with Crippen LogP contribution in [0.25, 0.3) is 0 Å². The molecule has 0 N–H and O–H groups in total. The Balaban J connectivity index is 0. The summed E-state index contributed by atoms with van der Waals surface area (Å²) in [5.41, 5.74) is 0. The van der Waals surface area contributed by atoms with E-state index in [-0.39, 0.29) is 0 Å². The van der Waals surface area contributed by atoms with Gasteiger partial charge in [0.15, 0.2) is 0 Å². The van der Waals surface area contributed by atoms with Crippen molar-refractivity contribution >= 4 is 43.2 Å². The molecule has 0 aliphatic carbocycles. The number of rotatable bonds is 8. The fraction of sp³-hybridized carbons (Fsp3) is 1.00. The molecule has 0 nitrogen and oxygen atoms in total. The summed E-state index contributed by atoms with van der Waals surface area (Å²) in [6.45, 7) is 13.7. The van der Waals surface area contributed by atoms with Gasteiger partial charge in [0.1, 0.15) is 0 Å². The summed E-state index contributed by atoms with van der Waals surface area (Å²) < 4.78 is 0. The predicted molar refractivity (Wildman–Crippen MR) is 100 cm³/mol. The van der Waals surface area contributed by atoms with E-state index in [4.69, 9.17) is 0 Å². The lowest BCUT2D eigenvalue weighted by atomic mass is 10.1. The van der Waals surface area contributed by atoms with Crippen molar-refractivity contribution in [1.82, 2.24) is 0 Å². The van der Waals surface area contributed by atoms with Crippen LogP contribution in [-0.4, -0.2) is 23.0 Å². The molecule has 0 radical (unpaired) electrons. The molecule has 0 aliphatic heterocycles. The van der Waals surface area contributed by atoms with Gasteiger partial charge < -0.3 is 0 Å². The highest BCUT2D eigenvalue weighted by Gasteiger charge is 2.10. The second kappa shape index (κ2) is 14.8. The van der Waals surface area contributed by atoms with Gasteiger partial charge in [0.2, 0.25) is 0 Å². The van der Waals surface area contributed by atoms with Crippen LogP contribution in [0.5, 0.6) is 0 Å². The third-order valence-electron chi connectivity index (χ3n) is 2.73. The van der Waals surface area contributed by atoms with Crippen molar-refractivity contribution in [1.29, 1.82) is 0 Å². The Kier molecular flexibility index (Phi) is 17.8. The second-order valence-corrected chi connectivity index (χ2v) is 10.3. The van der Waals surface area contributed by atoms with Crippen LogP contribution in [-0.2, 0) is 0 Å². The summed E-state index contributed by atoms with van der Waals surface area (Å²) in [6, 6.07) is 0. The molecular weight excluding hydrogens is 296 g/mol. The summed E-state index contributed by atoms with van der Waals surface area (Å²) in [4.78, 5) is 0. The van der Waals surface area contributed by atoms with E-state index >= 15 is 0 Å². The van der Waals surface area contributed by atoms with Crippen molar-refractivity contribution in [2.45, 2.75) is 64.9 Å². The topological polar surface area (TPSA) is 0 Å². The van der Waals surface area contributed by atoms with Crippen LogP contribution < -0.4 is 0 Å².